The summed E-state index contributed by atoms with van der Waals surface area (Å²) in [5, 5.41) is 1.25. The van der Waals surface area contributed by atoms with E-state index >= 15 is 0 Å². The molecule has 0 saturated carbocycles. The van der Waals surface area contributed by atoms with Gasteiger partial charge in [-0.25, -0.2) is 4.98 Å². The molecule has 29 heavy (non-hydrogen) atoms. The maximum atomic E-state index is 12.3. The van der Waals surface area contributed by atoms with Crippen LogP contribution in [0.3, 0.4) is 0 Å². The number of hydrazine groups is 1. The minimum Gasteiger partial charge on any atom is -0.435 e. The lowest BCUT2D eigenvalue weighted by molar-refractivity contribution is 0.0962. The van der Waals surface area contributed by atoms with Gasteiger partial charge in [-0.05, 0) is 24.3 Å². The number of nitrogens with zero attached hydrogens (tertiary/aromatic N) is 3. The van der Waals surface area contributed by atoms with E-state index in [4.69, 9.17) is 22.1 Å². The van der Waals surface area contributed by atoms with Crippen LogP contribution in [-0.4, -0.2) is 20.9 Å². The molecule has 144 valence electrons. The Morgan fingerprint density at radius 2 is 1.83 bits per heavy atom. The van der Waals surface area contributed by atoms with E-state index in [1.807, 2.05) is 24.3 Å². The molecular formula is C20H15ClN6O2. The number of amides is 1. The molecular weight excluding hydrogens is 392 g/mol. The number of nitrogens with one attached hydrogen (secondary N) is 2. The molecule has 4 rings (SSSR count). The predicted octanol–water partition coefficient (Wildman–Crippen LogP) is 3.81. The predicted molar refractivity (Wildman–Crippen MR) is 111 cm³/mol. The van der Waals surface area contributed by atoms with Gasteiger partial charge in [0, 0.05) is 11.6 Å². The molecule has 2 aromatic carbocycles. The van der Waals surface area contributed by atoms with Crippen molar-refractivity contribution in [1.29, 1.82) is 0 Å². The number of halogens is 1. The molecule has 0 aliphatic heterocycles. The van der Waals surface area contributed by atoms with Crippen LogP contribution in [0.4, 0.5) is 11.5 Å². The van der Waals surface area contributed by atoms with Gasteiger partial charge in [-0.3, -0.25) is 20.6 Å². The van der Waals surface area contributed by atoms with Crippen molar-refractivity contribution in [2.75, 3.05) is 11.2 Å². The van der Waals surface area contributed by atoms with Crippen LogP contribution >= 0.6 is 11.6 Å². The normalized spacial score (nSPS) is 10.5. The smallest absolute Gasteiger partial charge is 0.271 e. The van der Waals surface area contributed by atoms with Crippen LogP contribution in [0.5, 0.6) is 11.6 Å². The number of aromatic nitrogens is 3. The zero-order chi connectivity index (χ0) is 20.2. The second-order valence-corrected chi connectivity index (χ2v) is 6.34. The fraction of sp³-hybridized carbons (Fsp3) is 0. The van der Waals surface area contributed by atoms with Gasteiger partial charge in [0.2, 0.25) is 5.88 Å². The van der Waals surface area contributed by atoms with Crippen molar-refractivity contribution in [1.82, 2.24) is 20.4 Å². The van der Waals surface area contributed by atoms with Crippen LogP contribution in [-0.2, 0) is 0 Å². The molecule has 0 saturated heterocycles. The second kappa shape index (κ2) is 7.99. The van der Waals surface area contributed by atoms with Crippen molar-refractivity contribution >= 4 is 39.9 Å². The average Bonchev–Trinajstić information content (AvgIpc) is 2.75. The summed E-state index contributed by atoms with van der Waals surface area (Å²) in [6.07, 6.45) is 2.95. The Balaban J connectivity index is 1.55. The molecule has 0 bridgehead atoms. The third-order valence-corrected chi connectivity index (χ3v) is 4.39. The van der Waals surface area contributed by atoms with E-state index in [1.54, 1.807) is 36.5 Å². The number of nitrogens with two attached hydrogens (primary N) is 1. The number of ether oxygens (including phenoxy) is 1. The molecule has 0 aliphatic rings. The first-order valence-corrected chi connectivity index (χ1v) is 8.94. The number of carbonyl (C=O) groups excluding carboxylic acids is 1. The van der Waals surface area contributed by atoms with Crippen LogP contribution in [0.15, 0.2) is 67.1 Å². The van der Waals surface area contributed by atoms with Crippen molar-refractivity contribution < 1.29 is 9.53 Å². The van der Waals surface area contributed by atoms with Crippen LogP contribution in [0.1, 0.15) is 10.4 Å². The van der Waals surface area contributed by atoms with Crippen molar-refractivity contribution in [2.45, 2.75) is 0 Å². The van der Waals surface area contributed by atoms with Crippen LogP contribution in [0.2, 0.25) is 5.02 Å². The molecule has 0 unspecified atom stereocenters. The van der Waals surface area contributed by atoms with E-state index in [1.165, 1.54) is 6.33 Å². The highest BCUT2D eigenvalue weighted by Crippen LogP contribution is 2.32. The summed E-state index contributed by atoms with van der Waals surface area (Å²) in [4.78, 5) is 24.7. The molecule has 4 aromatic rings. The molecule has 4 N–H and O–H groups in total. The Kier molecular flexibility index (Phi) is 5.08. The van der Waals surface area contributed by atoms with Crippen molar-refractivity contribution in [3.63, 3.8) is 0 Å². The first-order valence-electron chi connectivity index (χ1n) is 8.56. The van der Waals surface area contributed by atoms with Gasteiger partial charge in [0.15, 0.2) is 11.6 Å². The number of para-hydroxylation sites is 1. The Morgan fingerprint density at radius 3 is 2.69 bits per heavy atom. The van der Waals surface area contributed by atoms with E-state index in [9.17, 15) is 4.79 Å². The molecule has 8 nitrogen and oxygen atoms in total. The maximum Gasteiger partial charge on any atom is 0.271 e. The number of benzene rings is 2. The molecule has 0 fully saturated rings. The van der Waals surface area contributed by atoms with E-state index in [0.29, 0.717) is 21.9 Å². The average molecular weight is 407 g/mol. The highest BCUT2D eigenvalue weighted by Gasteiger charge is 2.14. The quantitative estimate of drug-likeness (QED) is 0.431. The zero-order valence-electron chi connectivity index (χ0n) is 15.0. The minimum absolute atomic E-state index is 0.125. The van der Waals surface area contributed by atoms with Crippen molar-refractivity contribution in [3.05, 3.63) is 77.7 Å². The molecule has 9 heteroatoms. The SMILES string of the molecule is Nc1c(NNC(=O)c2ccccc2Cl)ncnc1Oc1cccc2cccnc12. The summed E-state index contributed by atoms with van der Waals surface area (Å²) in [5.74, 6) is 0.380. The Bertz CT molecular complexity index is 1200. The fourth-order valence-electron chi connectivity index (χ4n) is 2.65. The van der Waals surface area contributed by atoms with Crippen molar-refractivity contribution in [3.8, 4) is 11.6 Å². The Morgan fingerprint density at radius 1 is 1.00 bits per heavy atom. The summed E-state index contributed by atoms with van der Waals surface area (Å²) < 4.78 is 5.86. The van der Waals surface area contributed by atoms with Crippen molar-refractivity contribution in [2.24, 2.45) is 0 Å². The number of nitrogen functional groups attached to an aromatic ring is 1. The lowest BCUT2D eigenvalue weighted by Gasteiger charge is -2.13. The lowest BCUT2D eigenvalue weighted by atomic mass is 10.2. The van der Waals surface area contributed by atoms with E-state index in [2.05, 4.69) is 25.8 Å². The highest BCUT2D eigenvalue weighted by molar-refractivity contribution is 6.33. The molecule has 0 atom stereocenters. The lowest BCUT2D eigenvalue weighted by Crippen LogP contribution is -2.30. The van der Waals surface area contributed by atoms with Gasteiger partial charge >= 0.3 is 0 Å². The van der Waals surface area contributed by atoms with Gasteiger partial charge in [0.05, 0.1) is 10.6 Å². The Labute approximate surface area is 170 Å². The maximum absolute atomic E-state index is 12.3. The molecule has 2 heterocycles. The molecule has 1 amide bonds. The molecule has 2 aromatic heterocycles. The number of hydrogen-bond acceptors (Lipinski definition) is 7. The van der Waals surface area contributed by atoms with Gasteiger partial charge in [-0.15, -0.1) is 0 Å². The summed E-state index contributed by atoms with van der Waals surface area (Å²) in [7, 11) is 0. The molecule has 0 spiro atoms. The van der Waals surface area contributed by atoms with Gasteiger partial charge in [0.1, 0.15) is 17.5 Å². The van der Waals surface area contributed by atoms with E-state index in [-0.39, 0.29) is 17.4 Å². The van der Waals surface area contributed by atoms with Crippen LogP contribution < -0.4 is 21.3 Å². The first kappa shape index (κ1) is 18.5. The van der Waals surface area contributed by atoms with Gasteiger partial charge < -0.3 is 10.5 Å². The van der Waals surface area contributed by atoms with Gasteiger partial charge in [-0.1, -0.05) is 41.9 Å². The number of rotatable bonds is 5. The minimum atomic E-state index is -0.436. The molecule has 0 aliphatic carbocycles. The van der Waals surface area contributed by atoms with Crippen LogP contribution in [0.25, 0.3) is 10.9 Å². The zero-order valence-corrected chi connectivity index (χ0v) is 15.7. The summed E-state index contributed by atoms with van der Waals surface area (Å²) in [5.41, 5.74) is 12.4. The number of anilines is 2. The highest BCUT2D eigenvalue weighted by atomic mass is 35.5. The van der Waals surface area contributed by atoms with Gasteiger partial charge in [-0.2, -0.15) is 4.98 Å². The van der Waals surface area contributed by atoms with Crippen LogP contribution in [0, 0.1) is 0 Å². The first-order chi connectivity index (χ1) is 14.1. The number of carbonyl (C=O) groups is 1. The van der Waals surface area contributed by atoms with E-state index in [0.717, 1.165) is 5.39 Å². The third kappa shape index (κ3) is 3.87. The number of pyridine rings is 1. The van der Waals surface area contributed by atoms with Gasteiger partial charge in [0.25, 0.3) is 5.91 Å². The van der Waals surface area contributed by atoms with E-state index < -0.39 is 5.91 Å². The molecule has 0 radical (unpaired) electrons. The number of fused-ring (bicyclic) bond motifs is 1. The summed E-state index contributed by atoms with van der Waals surface area (Å²) >= 11 is 6.03. The fourth-order valence-corrected chi connectivity index (χ4v) is 2.87. The third-order valence-electron chi connectivity index (χ3n) is 4.06. The standard InChI is InChI=1S/C20H15ClN6O2/c21-14-8-2-1-7-13(14)19(28)27-26-18-16(22)20(25-11-24-18)29-15-9-3-5-12-6-4-10-23-17(12)15/h1-11H,22H2,(H,27,28)(H,24,25,26). The summed E-state index contributed by atoms with van der Waals surface area (Å²) in [6.45, 7) is 0. The Hall–Kier alpha value is -3.91. The number of hydrogen-bond donors (Lipinski definition) is 3. The summed E-state index contributed by atoms with van der Waals surface area (Å²) in [6, 6.07) is 16.0. The topological polar surface area (TPSA) is 115 Å². The monoisotopic (exact) mass is 406 g/mol. The second-order valence-electron chi connectivity index (χ2n) is 5.93. The largest absolute Gasteiger partial charge is 0.435 e.